The molecule has 38 heavy (non-hydrogen) atoms. The third-order valence-electron chi connectivity index (χ3n) is 5.17. The highest BCUT2D eigenvalue weighted by Gasteiger charge is 2.44. The molecule has 10 nitrogen and oxygen atoms in total. The van der Waals surface area contributed by atoms with Gasteiger partial charge >= 0.3 is 24.3 Å². The second-order valence-corrected chi connectivity index (χ2v) is 7.93. The van der Waals surface area contributed by atoms with Crippen LogP contribution in [0.3, 0.4) is 0 Å². The van der Waals surface area contributed by atoms with Crippen LogP contribution in [0, 0.1) is 12.7 Å². The molecule has 0 spiro atoms. The van der Waals surface area contributed by atoms with Gasteiger partial charge in [-0.05, 0) is 31.9 Å². The fourth-order valence-corrected chi connectivity index (χ4v) is 3.62. The van der Waals surface area contributed by atoms with E-state index in [1.165, 1.54) is 12.3 Å². The highest BCUT2D eigenvalue weighted by Crippen LogP contribution is 2.33. The van der Waals surface area contributed by atoms with Gasteiger partial charge in [-0.15, -0.1) is 0 Å². The van der Waals surface area contributed by atoms with Gasteiger partial charge in [-0.2, -0.15) is 26.3 Å². The number of hydrogen-bond donors (Lipinski definition) is 2. The number of carboxylic acid groups (broad SMARTS) is 2. The van der Waals surface area contributed by atoms with Gasteiger partial charge in [0.2, 0.25) is 0 Å². The number of morpholine rings is 1. The van der Waals surface area contributed by atoms with Crippen LogP contribution in [-0.4, -0.2) is 80.9 Å². The van der Waals surface area contributed by atoms with Crippen LogP contribution in [0.5, 0.6) is 5.88 Å². The number of rotatable bonds is 4. The molecule has 1 aliphatic heterocycles. The van der Waals surface area contributed by atoms with E-state index in [-0.39, 0.29) is 24.1 Å². The van der Waals surface area contributed by atoms with E-state index in [1.807, 2.05) is 13.0 Å². The van der Waals surface area contributed by atoms with Crippen molar-refractivity contribution in [3.05, 3.63) is 41.7 Å². The van der Waals surface area contributed by atoms with E-state index in [9.17, 15) is 30.7 Å². The fraction of sp³-hybridized carbons (Fsp3) is 0.524. The first-order valence-electron chi connectivity index (χ1n) is 10.7. The predicted molar refractivity (Wildman–Crippen MR) is 110 cm³/mol. The number of nitrogens with zero attached hydrogens (tertiary/aromatic N) is 3. The summed E-state index contributed by atoms with van der Waals surface area (Å²) in [6.45, 7) is 4.09. The highest BCUT2D eigenvalue weighted by molar-refractivity contribution is 5.73. The van der Waals surface area contributed by atoms with Crippen molar-refractivity contribution in [2.75, 3.05) is 13.2 Å². The summed E-state index contributed by atoms with van der Waals surface area (Å²) in [4.78, 5) is 24.1. The molecule has 2 N–H and O–H groups in total. The molecule has 0 unspecified atom stereocenters. The number of carbonyl (C=O) groups is 2. The van der Waals surface area contributed by atoms with Crippen LogP contribution in [0.15, 0.2) is 28.9 Å². The number of aryl methyl sites for hydroxylation is 1. The molecule has 4 rings (SSSR count). The number of aromatic nitrogens is 2. The van der Waals surface area contributed by atoms with Crippen LogP contribution in [0.4, 0.5) is 30.7 Å². The van der Waals surface area contributed by atoms with Crippen LogP contribution in [0.25, 0.3) is 0 Å². The van der Waals surface area contributed by atoms with Gasteiger partial charge in [0.05, 0.1) is 12.3 Å². The molecule has 2 aromatic rings. The minimum atomic E-state index is -5.08. The summed E-state index contributed by atoms with van der Waals surface area (Å²) in [7, 11) is 0. The Bertz CT molecular complexity index is 1050. The van der Waals surface area contributed by atoms with Gasteiger partial charge in [0.1, 0.15) is 18.0 Å². The summed E-state index contributed by atoms with van der Waals surface area (Å²) < 4.78 is 94.1. The largest absolute Gasteiger partial charge is 0.490 e. The van der Waals surface area contributed by atoms with Crippen molar-refractivity contribution in [1.82, 2.24) is 15.0 Å². The number of ether oxygens (including phenoxy) is 2. The number of alkyl halides is 6. The Morgan fingerprint density at radius 2 is 1.74 bits per heavy atom. The smallest absolute Gasteiger partial charge is 0.475 e. The van der Waals surface area contributed by atoms with Crippen molar-refractivity contribution in [2.45, 2.75) is 56.9 Å². The normalized spacial score (nSPS) is 21.3. The lowest BCUT2D eigenvalue weighted by atomic mass is 10.1. The van der Waals surface area contributed by atoms with E-state index in [0.717, 1.165) is 37.4 Å². The lowest BCUT2D eigenvalue weighted by Gasteiger charge is -2.38. The number of fused-ring (bicyclic) bond motifs is 1. The molecule has 3 atom stereocenters. The Morgan fingerprint density at radius 3 is 2.24 bits per heavy atom. The van der Waals surface area contributed by atoms with Gasteiger partial charge in [0.25, 0.3) is 5.88 Å². The van der Waals surface area contributed by atoms with Gasteiger partial charge < -0.3 is 24.2 Å². The number of aliphatic carboxylic acids is 2. The van der Waals surface area contributed by atoms with Crippen molar-refractivity contribution in [2.24, 2.45) is 0 Å². The molecule has 0 aromatic carbocycles. The molecule has 1 saturated carbocycles. The van der Waals surface area contributed by atoms with Crippen molar-refractivity contribution < 1.29 is 64.5 Å². The molecule has 0 radical (unpaired) electrons. The zero-order valence-corrected chi connectivity index (χ0v) is 19.5. The predicted octanol–water partition coefficient (Wildman–Crippen LogP) is 3.59. The van der Waals surface area contributed by atoms with Crippen molar-refractivity contribution in [1.29, 1.82) is 0 Å². The SMILES string of the molecule is Cc1cc(CN2CCO[C@H]3[C@H](Oc4ncccc4F)CC[C@@H]32)no1.O=C(O)C(F)(F)F.O=C(O)C(F)(F)F. The van der Waals surface area contributed by atoms with E-state index in [1.54, 1.807) is 6.07 Å². The van der Waals surface area contributed by atoms with Gasteiger partial charge in [0.15, 0.2) is 5.82 Å². The van der Waals surface area contributed by atoms with Crippen molar-refractivity contribution >= 4 is 11.9 Å². The Labute approximate surface area is 209 Å². The van der Waals surface area contributed by atoms with Crippen LogP contribution < -0.4 is 4.74 Å². The zero-order valence-electron chi connectivity index (χ0n) is 19.5. The molecule has 212 valence electrons. The van der Waals surface area contributed by atoms with E-state index in [0.29, 0.717) is 6.61 Å². The van der Waals surface area contributed by atoms with Crippen LogP contribution in [0.1, 0.15) is 24.3 Å². The molecule has 0 amide bonds. The minimum Gasteiger partial charge on any atom is -0.475 e. The highest BCUT2D eigenvalue weighted by atomic mass is 19.4. The Balaban J connectivity index is 0.000000301. The van der Waals surface area contributed by atoms with Gasteiger partial charge in [-0.1, -0.05) is 5.16 Å². The van der Waals surface area contributed by atoms with Crippen molar-refractivity contribution in [3.8, 4) is 5.88 Å². The summed E-state index contributed by atoms with van der Waals surface area (Å²) in [5.74, 6) is -5.09. The molecule has 1 aliphatic carbocycles. The molecule has 2 aromatic heterocycles. The summed E-state index contributed by atoms with van der Waals surface area (Å²) >= 11 is 0. The second-order valence-electron chi connectivity index (χ2n) is 7.93. The molecular formula is C21H22F7N3O7. The first kappa shape index (κ1) is 30.8. The first-order valence-corrected chi connectivity index (χ1v) is 10.7. The summed E-state index contributed by atoms with van der Waals surface area (Å²) in [5.41, 5.74) is 0.924. The minimum absolute atomic E-state index is 0.0519. The quantitative estimate of drug-likeness (QED) is 0.533. The number of halogens is 7. The molecule has 0 bridgehead atoms. The van der Waals surface area contributed by atoms with Crippen LogP contribution in [0.2, 0.25) is 0 Å². The van der Waals surface area contributed by atoms with E-state index in [2.05, 4.69) is 15.0 Å². The van der Waals surface area contributed by atoms with Gasteiger partial charge in [-0.3, -0.25) is 4.90 Å². The number of carboxylic acids is 2. The first-order chi connectivity index (χ1) is 17.6. The molecular weight excluding hydrogens is 539 g/mol. The van der Waals surface area contributed by atoms with E-state index >= 15 is 0 Å². The Hall–Kier alpha value is -3.47. The van der Waals surface area contributed by atoms with E-state index in [4.69, 9.17) is 33.8 Å². The van der Waals surface area contributed by atoms with Crippen LogP contribution >= 0.6 is 0 Å². The summed E-state index contributed by atoms with van der Waals surface area (Å²) in [5, 5.41) is 18.3. The lowest BCUT2D eigenvalue weighted by Crippen LogP contribution is -2.51. The maximum atomic E-state index is 13.8. The topological polar surface area (TPSA) is 135 Å². The standard InChI is InChI=1S/C17H20FN3O3.2C2HF3O2/c1-11-9-12(20-24-11)10-21-7-8-22-16-14(21)4-5-15(16)23-17-13(18)3-2-6-19-17;2*3-2(4,5)1(6)7/h2-3,6,9,14-16H,4-5,7-8,10H2,1H3;2*(H,6,7)/t14-,15+,16+;;/m0../s1. The summed E-state index contributed by atoms with van der Waals surface area (Å²) in [6.07, 6.45) is -7.12. The molecule has 2 aliphatic rings. The van der Waals surface area contributed by atoms with Crippen molar-refractivity contribution in [3.63, 3.8) is 0 Å². The number of hydrogen-bond acceptors (Lipinski definition) is 8. The third-order valence-corrected chi connectivity index (χ3v) is 5.17. The Kier molecular flexibility index (Phi) is 10.4. The lowest BCUT2D eigenvalue weighted by molar-refractivity contribution is -0.193. The monoisotopic (exact) mass is 561 g/mol. The van der Waals surface area contributed by atoms with E-state index < -0.39 is 30.1 Å². The molecule has 2 fully saturated rings. The van der Waals surface area contributed by atoms with Gasteiger partial charge in [-0.25, -0.2) is 19.0 Å². The Morgan fingerprint density at radius 1 is 1.13 bits per heavy atom. The maximum absolute atomic E-state index is 13.8. The fourth-order valence-electron chi connectivity index (χ4n) is 3.62. The summed E-state index contributed by atoms with van der Waals surface area (Å²) in [6, 6.07) is 5.11. The molecule has 3 heterocycles. The zero-order chi connectivity index (χ0) is 28.7. The maximum Gasteiger partial charge on any atom is 0.490 e. The van der Waals surface area contributed by atoms with Gasteiger partial charge in [0, 0.05) is 31.4 Å². The number of pyridine rings is 1. The average Bonchev–Trinajstić information content (AvgIpc) is 3.41. The average molecular weight is 561 g/mol. The molecule has 1 saturated heterocycles. The third kappa shape index (κ3) is 9.13. The van der Waals surface area contributed by atoms with Crippen LogP contribution in [-0.2, 0) is 20.9 Å². The second kappa shape index (κ2) is 12.9. The molecule has 17 heteroatoms.